The van der Waals surface area contributed by atoms with Gasteiger partial charge < -0.3 is 10.3 Å². The summed E-state index contributed by atoms with van der Waals surface area (Å²) in [4.78, 5) is 8.72. The van der Waals surface area contributed by atoms with Crippen molar-refractivity contribution in [3.05, 3.63) is 17.5 Å². The van der Waals surface area contributed by atoms with Crippen LogP contribution in [0.15, 0.2) is 12.5 Å². The van der Waals surface area contributed by atoms with Crippen LogP contribution in [-0.4, -0.2) is 14.5 Å². The molecule has 0 amide bonds. The Labute approximate surface area is 99.2 Å². The van der Waals surface area contributed by atoms with Crippen molar-refractivity contribution < 1.29 is 0 Å². The predicted octanol–water partition coefficient (Wildman–Crippen LogP) is 2.56. The average Bonchev–Trinajstić information content (AvgIpc) is 2.84. The molecule has 2 heterocycles. The second-order valence-electron chi connectivity index (χ2n) is 3.64. The highest BCUT2D eigenvalue weighted by molar-refractivity contribution is 7.16. The molecular weight excluding hydrogens is 220 g/mol. The SMILES string of the molecule is CCCc1nc(-c2cncn2CC)c(N)s1. The normalized spacial score (nSPS) is 10.9. The van der Waals surface area contributed by atoms with Crippen LogP contribution in [0.1, 0.15) is 25.3 Å². The first-order valence-corrected chi connectivity index (χ1v) is 6.33. The fraction of sp³-hybridized carbons (Fsp3) is 0.455. The number of anilines is 1. The van der Waals surface area contributed by atoms with Gasteiger partial charge in [-0.05, 0) is 19.8 Å². The summed E-state index contributed by atoms with van der Waals surface area (Å²) >= 11 is 1.58. The van der Waals surface area contributed by atoms with Crippen LogP contribution in [0.5, 0.6) is 0 Å². The van der Waals surface area contributed by atoms with Gasteiger partial charge in [-0.1, -0.05) is 6.92 Å². The Hall–Kier alpha value is -1.36. The molecule has 16 heavy (non-hydrogen) atoms. The van der Waals surface area contributed by atoms with E-state index in [0.717, 1.165) is 40.8 Å². The van der Waals surface area contributed by atoms with Gasteiger partial charge in [0.25, 0.3) is 0 Å². The summed E-state index contributed by atoms with van der Waals surface area (Å²) in [6, 6.07) is 0. The van der Waals surface area contributed by atoms with E-state index in [1.165, 1.54) is 0 Å². The Morgan fingerprint density at radius 2 is 2.25 bits per heavy atom. The van der Waals surface area contributed by atoms with E-state index in [2.05, 4.69) is 28.4 Å². The Bertz CT molecular complexity index is 472. The number of aromatic nitrogens is 3. The number of nitrogens with two attached hydrogens (primary N) is 1. The number of hydrogen-bond acceptors (Lipinski definition) is 4. The standard InChI is InChI=1S/C11H16N4S/c1-3-5-9-14-10(11(12)16-9)8-6-13-7-15(8)4-2/h6-7H,3-5,12H2,1-2H3. The zero-order chi connectivity index (χ0) is 11.5. The molecule has 0 aliphatic rings. The number of thiazole rings is 1. The molecule has 2 N–H and O–H groups in total. The van der Waals surface area contributed by atoms with Crippen LogP contribution in [0, 0.1) is 0 Å². The molecule has 5 heteroatoms. The van der Waals surface area contributed by atoms with E-state index in [9.17, 15) is 0 Å². The summed E-state index contributed by atoms with van der Waals surface area (Å²) in [7, 11) is 0. The van der Waals surface area contributed by atoms with Crippen molar-refractivity contribution in [2.45, 2.75) is 33.2 Å². The monoisotopic (exact) mass is 236 g/mol. The molecule has 0 aliphatic heterocycles. The molecule has 86 valence electrons. The Morgan fingerprint density at radius 3 is 2.94 bits per heavy atom. The Morgan fingerprint density at radius 1 is 1.44 bits per heavy atom. The lowest BCUT2D eigenvalue weighted by Gasteiger charge is -2.02. The van der Waals surface area contributed by atoms with Gasteiger partial charge in [0.1, 0.15) is 10.7 Å². The topological polar surface area (TPSA) is 56.7 Å². The smallest absolute Gasteiger partial charge is 0.123 e. The van der Waals surface area contributed by atoms with Gasteiger partial charge in [0.15, 0.2) is 0 Å². The first-order chi connectivity index (χ1) is 7.76. The molecule has 0 atom stereocenters. The van der Waals surface area contributed by atoms with Gasteiger partial charge >= 0.3 is 0 Å². The van der Waals surface area contributed by atoms with E-state index in [-0.39, 0.29) is 0 Å². The molecule has 0 aliphatic carbocycles. The summed E-state index contributed by atoms with van der Waals surface area (Å²) in [6.07, 6.45) is 5.73. The van der Waals surface area contributed by atoms with Gasteiger partial charge in [-0.2, -0.15) is 0 Å². The molecule has 0 bridgehead atoms. The first kappa shape index (κ1) is 11.1. The molecule has 0 fully saturated rings. The highest BCUT2D eigenvalue weighted by Gasteiger charge is 2.13. The highest BCUT2D eigenvalue weighted by Crippen LogP contribution is 2.30. The Balaban J connectivity index is 2.39. The fourth-order valence-corrected chi connectivity index (χ4v) is 2.60. The second-order valence-corrected chi connectivity index (χ2v) is 4.75. The van der Waals surface area contributed by atoms with Gasteiger partial charge in [0, 0.05) is 6.54 Å². The Kier molecular flexibility index (Phi) is 3.24. The molecule has 2 aromatic rings. The number of nitrogens with zero attached hydrogens (tertiary/aromatic N) is 3. The number of hydrogen-bond donors (Lipinski definition) is 1. The molecule has 0 aromatic carbocycles. The average molecular weight is 236 g/mol. The van der Waals surface area contributed by atoms with Crippen LogP contribution in [-0.2, 0) is 13.0 Å². The van der Waals surface area contributed by atoms with Gasteiger partial charge in [0.2, 0.25) is 0 Å². The maximum atomic E-state index is 6.00. The summed E-state index contributed by atoms with van der Waals surface area (Å²) in [6.45, 7) is 5.11. The van der Waals surface area contributed by atoms with E-state index in [1.807, 2.05) is 12.5 Å². The van der Waals surface area contributed by atoms with Gasteiger partial charge in [-0.3, -0.25) is 0 Å². The zero-order valence-electron chi connectivity index (χ0n) is 9.60. The number of rotatable bonds is 4. The molecule has 0 saturated carbocycles. The lowest BCUT2D eigenvalue weighted by atomic mass is 10.3. The molecular formula is C11H16N4S. The number of aryl methyl sites for hydroxylation is 2. The predicted molar refractivity (Wildman–Crippen MR) is 67.4 cm³/mol. The zero-order valence-corrected chi connectivity index (χ0v) is 10.4. The van der Waals surface area contributed by atoms with E-state index in [0.29, 0.717) is 0 Å². The van der Waals surface area contributed by atoms with Crippen molar-refractivity contribution in [3.8, 4) is 11.4 Å². The largest absolute Gasteiger partial charge is 0.389 e. The van der Waals surface area contributed by atoms with Crippen molar-refractivity contribution in [1.29, 1.82) is 0 Å². The van der Waals surface area contributed by atoms with Gasteiger partial charge in [-0.15, -0.1) is 11.3 Å². The lowest BCUT2D eigenvalue weighted by Crippen LogP contribution is -1.97. The lowest BCUT2D eigenvalue weighted by molar-refractivity contribution is 0.766. The highest BCUT2D eigenvalue weighted by atomic mass is 32.1. The van der Waals surface area contributed by atoms with Crippen LogP contribution >= 0.6 is 11.3 Å². The fourth-order valence-electron chi connectivity index (χ4n) is 1.65. The third-order valence-electron chi connectivity index (χ3n) is 2.46. The van der Waals surface area contributed by atoms with E-state index < -0.39 is 0 Å². The molecule has 0 radical (unpaired) electrons. The van der Waals surface area contributed by atoms with Crippen LogP contribution in [0.2, 0.25) is 0 Å². The van der Waals surface area contributed by atoms with E-state index >= 15 is 0 Å². The number of imidazole rings is 1. The molecule has 0 spiro atoms. The molecule has 0 saturated heterocycles. The first-order valence-electron chi connectivity index (χ1n) is 5.52. The van der Waals surface area contributed by atoms with Crippen LogP contribution < -0.4 is 5.73 Å². The molecule has 2 rings (SSSR count). The minimum Gasteiger partial charge on any atom is -0.389 e. The minimum absolute atomic E-state index is 0.790. The maximum absolute atomic E-state index is 6.00. The summed E-state index contributed by atoms with van der Waals surface area (Å²) in [5, 5.41) is 1.90. The van der Waals surface area contributed by atoms with E-state index in [4.69, 9.17) is 5.73 Å². The van der Waals surface area contributed by atoms with Crippen molar-refractivity contribution in [2.24, 2.45) is 0 Å². The molecule has 0 unspecified atom stereocenters. The van der Waals surface area contributed by atoms with Crippen molar-refractivity contribution in [2.75, 3.05) is 5.73 Å². The quantitative estimate of drug-likeness (QED) is 0.887. The van der Waals surface area contributed by atoms with Crippen molar-refractivity contribution in [3.63, 3.8) is 0 Å². The van der Waals surface area contributed by atoms with Crippen LogP contribution in [0.4, 0.5) is 5.00 Å². The molecule has 2 aromatic heterocycles. The number of nitrogen functional groups attached to an aromatic ring is 1. The van der Waals surface area contributed by atoms with Gasteiger partial charge in [0.05, 0.1) is 23.2 Å². The summed E-state index contributed by atoms with van der Waals surface area (Å²) in [5.41, 5.74) is 7.90. The van der Waals surface area contributed by atoms with Crippen LogP contribution in [0.3, 0.4) is 0 Å². The third kappa shape index (κ3) is 1.95. The van der Waals surface area contributed by atoms with Crippen molar-refractivity contribution in [1.82, 2.24) is 14.5 Å². The minimum atomic E-state index is 0.790. The van der Waals surface area contributed by atoms with E-state index in [1.54, 1.807) is 11.3 Å². The van der Waals surface area contributed by atoms with Gasteiger partial charge in [-0.25, -0.2) is 9.97 Å². The summed E-state index contributed by atoms with van der Waals surface area (Å²) in [5.74, 6) is 0. The van der Waals surface area contributed by atoms with Crippen LogP contribution in [0.25, 0.3) is 11.4 Å². The van der Waals surface area contributed by atoms with Crippen molar-refractivity contribution >= 4 is 16.3 Å². The second kappa shape index (κ2) is 4.65. The maximum Gasteiger partial charge on any atom is 0.123 e. The molecule has 4 nitrogen and oxygen atoms in total. The summed E-state index contributed by atoms with van der Waals surface area (Å²) < 4.78 is 2.06. The third-order valence-corrected chi connectivity index (χ3v) is 3.40.